The largest absolute Gasteiger partial charge is 0.383 e. The molecular weight excluding hydrogens is 156 g/mol. The minimum Gasteiger partial charge on any atom is -0.383 e. The van der Waals surface area contributed by atoms with E-state index in [1.165, 1.54) is 0 Å². The van der Waals surface area contributed by atoms with Crippen molar-refractivity contribution in [3.8, 4) is 0 Å². The van der Waals surface area contributed by atoms with E-state index in [2.05, 4.69) is 10.6 Å². The minimum atomic E-state index is 0.776. The summed E-state index contributed by atoms with van der Waals surface area (Å²) in [5.41, 5.74) is 0. The zero-order valence-electron chi connectivity index (χ0n) is 8.06. The Balaban J connectivity index is 2.73. The molecule has 4 nitrogen and oxygen atoms in total. The lowest BCUT2D eigenvalue weighted by atomic mass is 10.5. The number of rotatable bonds is 9. The fourth-order valence-electron chi connectivity index (χ4n) is 0.775. The van der Waals surface area contributed by atoms with Crippen LogP contribution in [0.1, 0.15) is 0 Å². The number of nitrogens with one attached hydrogen (secondary N) is 2. The first-order valence-electron chi connectivity index (χ1n) is 4.31. The Bertz CT molecular complexity index is 71.5. The van der Waals surface area contributed by atoms with Crippen molar-refractivity contribution >= 4 is 0 Å². The third-order valence-corrected chi connectivity index (χ3v) is 1.44. The maximum absolute atomic E-state index is 4.88. The van der Waals surface area contributed by atoms with E-state index in [0.29, 0.717) is 0 Å². The lowest BCUT2D eigenvalue weighted by Gasteiger charge is -2.05. The van der Waals surface area contributed by atoms with Crippen LogP contribution in [0.3, 0.4) is 0 Å². The first kappa shape index (κ1) is 11.8. The maximum Gasteiger partial charge on any atom is 0.0587 e. The summed E-state index contributed by atoms with van der Waals surface area (Å²) < 4.78 is 9.77. The van der Waals surface area contributed by atoms with Gasteiger partial charge in [0.05, 0.1) is 13.2 Å². The highest BCUT2D eigenvalue weighted by atomic mass is 16.5. The van der Waals surface area contributed by atoms with E-state index in [9.17, 15) is 0 Å². The van der Waals surface area contributed by atoms with Crippen LogP contribution in [0.4, 0.5) is 0 Å². The second-order valence-electron chi connectivity index (χ2n) is 2.49. The lowest BCUT2D eigenvalue weighted by molar-refractivity contribution is 0.196. The predicted molar refractivity (Wildman–Crippen MR) is 49.5 cm³/mol. The summed E-state index contributed by atoms with van der Waals surface area (Å²) in [7, 11) is 3.41. The fraction of sp³-hybridized carbons (Fsp3) is 1.00. The molecule has 0 saturated heterocycles. The number of methoxy groups -OCH3 is 2. The highest BCUT2D eigenvalue weighted by Gasteiger charge is 1.86. The molecule has 0 bridgehead atoms. The quantitative estimate of drug-likeness (QED) is 0.463. The SMILES string of the molecule is COCCNCCNCCOC. The van der Waals surface area contributed by atoms with E-state index < -0.39 is 0 Å². The summed E-state index contributed by atoms with van der Waals surface area (Å²) in [6.07, 6.45) is 0. The number of ether oxygens (including phenoxy) is 2. The lowest BCUT2D eigenvalue weighted by Crippen LogP contribution is -2.31. The van der Waals surface area contributed by atoms with Crippen molar-refractivity contribution in [1.29, 1.82) is 0 Å². The average molecular weight is 176 g/mol. The summed E-state index contributed by atoms with van der Waals surface area (Å²) in [4.78, 5) is 0. The average Bonchev–Trinajstić information content (AvgIpc) is 2.10. The molecule has 0 rings (SSSR count). The molecule has 0 unspecified atom stereocenters. The van der Waals surface area contributed by atoms with E-state index >= 15 is 0 Å². The molecule has 2 N–H and O–H groups in total. The molecular formula is C8H20N2O2. The normalized spacial score (nSPS) is 10.5. The first-order valence-corrected chi connectivity index (χ1v) is 4.31. The van der Waals surface area contributed by atoms with Crippen LogP contribution >= 0.6 is 0 Å². The molecule has 74 valence electrons. The van der Waals surface area contributed by atoms with Gasteiger partial charge in [0, 0.05) is 40.4 Å². The van der Waals surface area contributed by atoms with Gasteiger partial charge in [0.1, 0.15) is 0 Å². The highest BCUT2D eigenvalue weighted by Crippen LogP contribution is 1.65. The zero-order valence-corrected chi connectivity index (χ0v) is 8.06. The highest BCUT2D eigenvalue weighted by molar-refractivity contribution is 4.50. The Hall–Kier alpha value is -0.160. The van der Waals surface area contributed by atoms with E-state index in [1.807, 2.05) is 0 Å². The summed E-state index contributed by atoms with van der Waals surface area (Å²) in [5, 5.41) is 6.47. The van der Waals surface area contributed by atoms with Gasteiger partial charge in [-0.3, -0.25) is 0 Å². The Labute approximate surface area is 74.6 Å². The summed E-state index contributed by atoms with van der Waals surface area (Å²) in [6.45, 7) is 5.35. The molecule has 0 amide bonds. The van der Waals surface area contributed by atoms with Crippen LogP contribution in [0.25, 0.3) is 0 Å². The van der Waals surface area contributed by atoms with Crippen LogP contribution in [-0.2, 0) is 9.47 Å². The number of hydrogen-bond donors (Lipinski definition) is 2. The first-order chi connectivity index (χ1) is 5.91. The van der Waals surface area contributed by atoms with Gasteiger partial charge in [-0.05, 0) is 0 Å². The molecule has 0 fully saturated rings. The van der Waals surface area contributed by atoms with Gasteiger partial charge in [-0.1, -0.05) is 0 Å². The van der Waals surface area contributed by atoms with Gasteiger partial charge >= 0.3 is 0 Å². The van der Waals surface area contributed by atoms with Gasteiger partial charge in [-0.2, -0.15) is 0 Å². The minimum absolute atomic E-state index is 0.776. The van der Waals surface area contributed by atoms with Gasteiger partial charge in [0.25, 0.3) is 0 Å². The molecule has 0 heterocycles. The molecule has 4 heteroatoms. The molecule has 0 atom stereocenters. The van der Waals surface area contributed by atoms with Crippen LogP contribution in [0, 0.1) is 0 Å². The van der Waals surface area contributed by atoms with Crippen molar-refractivity contribution in [2.45, 2.75) is 0 Å². The second kappa shape index (κ2) is 10.8. The number of hydrogen-bond acceptors (Lipinski definition) is 4. The van der Waals surface area contributed by atoms with Crippen molar-refractivity contribution in [2.24, 2.45) is 0 Å². The van der Waals surface area contributed by atoms with Crippen molar-refractivity contribution in [3.05, 3.63) is 0 Å². The van der Waals surface area contributed by atoms with Crippen molar-refractivity contribution in [3.63, 3.8) is 0 Å². The topological polar surface area (TPSA) is 42.5 Å². The Morgan fingerprint density at radius 3 is 1.50 bits per heavy atom. The Kier molecular flexibility index (Phi) is 10.7. The van der Waals surface area contributed by atoms with Gasteiger partial charge in [0.15, 0.2) is 0 Å². The Morgan fingerprint density at radius 2 is 1.17 bits per heavy atom. The second-order valence-corrected chi connectivity index (χ2v) is 2.49. The van der Waals surface area contributed by atoms with E-state index in [0.717, 1.165) is 39.4 Å². The van der Waals surface area contributed by atoms with E-state index in [1.54, 1.807) is 14.2 Å². The summed E-state index contributed by atoms with van der Waals surface area (Å²) >= 11 is 0. The smallest absolute Gasteiger partial charge is 0.0587 e. The molecule has 12 heavy (non-hydrogen) atoms. The van der Waals surface area contributed by atoms with Gasteiger partial charge in [-0.15, -0.1) is 0 Å². The summed E-state index contributed by atoms with van der Waals surface area (Å²) in [6, 6.07) is 0. The molecule has 0 aromatic rings. The maximum atomic E-state index is 4.88. The molecule has 0 aliphatic rings. The third-order valence-electron chi connectivity index (χ3n) is 1.44. The van der Waals surface area contributed by atoms with Gasteiger partial charge in [0.2, 0.25) is 0 Å². The fourth-order valence-corrected chi connectivity index (χ4v) is 0.775. The van der Waals surface area contributed by atoms with Crippen LogP contribution in [-0.4, -0.2) is 53.6 Å². The molecule has 0 aliphatic carbocycles. The summed E-state index contributed by atoms with van der Waals surface area (Å²) in [5.74, 6) is 0. The molecule has 0 aliphatic heterocycles. The molecule has 0 radical (unpaired) electrons. The standard InChI is InChI=1S/C8H20N2O2/c1-11-7-5-9-3-4-10-6-8-12-2/h9-10H,3-8H2,1-2H3. The molecule has 0 spiro atoms. The van der Waals surface area contributed by atoms with Crippen molar-refractivity contribution < 1.29 is 9.47 Å². The molecule has 0 aromatic heterocycles. The molecule has 0 saturated carbocycles. The monoisotopic (exact) mass is 176 g/mol. The third kappa shape index (κ3) is 9.84. The Morgan fingerprint density at radius 1 is 0.750 bits per heavy atom. The van der Waals surface area contributed by atoms with Crippen LogP contribution in [0.5, 0.6) is 0 Å². The van der Waals surface area contributed by atoms with Crippen molar-refractivity contribution in [1.82, 2.24) is 10.6 Å². The van der Waals surface area contributed by atoms with Crippen molar-refractivity contribution in [2.75, 3.05) is 53.6 Å². The molecule has 0 aromatic carbocycles. The van der Waals surface area contributed by atoms with E-state index in [4.69, 9.17) is 9.47 Å². The van der Waals surface area contributed by atoms with E-state index in [-0.39, 0.29) is 0 Å². The van der Waals surface area contributed by atoms with Crippen LogP contribution in [0.2, 0.25) is 0 Å². The van der Waals surface area contributed by atoms with Crippen LogP contribution in [0.15, 0.2) is 0 Å². The van der Waals surface area contributed by atoms with Crippen LogP contribution < -0.4 is 10.6 Å². The zero-order chi connectivity index (χ0) is 9.07. The van der Waals surface area contributed by atoms with Gasteiger partial charge in [-0.25, -0.2) is 0 Å². The predicted octanol–water partition coefficient (Wildman–Crippen LogP) is -0.542. The van der Waals surface area contributed by atoms with Gasteiger partial charge < -0.3 is 20.1 Å².